The van der Waals surface area contributed by atoms with E-state index in [2.05, 4.69) is 14.4 Å². The molecule has 5 rings (SSSR count). The molecule has 1 saturated heterocycles. The zero-order valence-corrected chi connectivity index (χ0v) is 20.5. The lowest BCUT2D eigenvalue weighted by atomic mass is 10.1. The predicted octanol–water partition coefficient (Wildman–Crippen LogP) is 2.60. The number of aliphatic hydroxyl groups is 1. The zero-order chi connectivity index (χ0) is 25.4. The van der Waals surface area contributed by atoms with Gasteiger partial charge in [-0.05, 0) is 31.2 Å². The summed E-state index contributed by atoms with van der Waals surface area (Å²) >= 11 is 0. The number of ether oxygens (including phenoxy) is 2. The highest BCUT2D eigenvalue weighted by Crippen LogP contribution is 2.41. The molecule has 190 valence electrons. The average molecular weight is 494 g/mol. The Bertz CT molecular complexity index is 1340. The first kappa shape index (κ1) is 24.2. The van der Waals surface area contributed by atoms with Gasteiger partial charge in [0.25, 0.3) is 0 Å². The van der Waals surface area contributed by atoms with Crippen molar-refractivity contribution in [1.82, 2.24) is 14.4 Å². The normalized spacial score (nSPS) is 17.6. The van der Waals surface area contributed by atoms with Gasteiger partial charge in [-0.25, -0.2) is 0 Å². The van der Waals surface area contributed by atoms with Crippen molar-refractivity contribution in [2.45, 2.75) is 13.5 Å². The molecule has 1 fully saturated rings. The molecule has 0 spiro atoms. The number of allylic oxidation sites excluding steroid dienone is 1. The van der Waals surface area contributed by atoms with Crippen LogP contribution in [0.4, 0.5) is 0 Å². The molecule has 36 heavy (non-hydrogen) atoms. The van der Waals surface area contributed by atoms with Crippen molar-refractivity contribution in [2.75, 3.05) is 53.0 Å². The van der Waals surface area contributed by atoms with E-state index in [1.165, 1.54) is 6.07 Å². The van der Waals surface area contributed by atoms with Gasteiger partial charge in [-0.3, -0.25) is 14.6 Å². The smallest absolute Gasteiger partial charge is 0.235 e. The number of rotatable bonds is 7. The standard InChI is InChI=1S/C27H31N3O6/c1-17-20(16-25-27(34)26-23(33)13-18(32)14-24(26)36-25)21-15-19(35-2)3-4-22(21)30(17)10-9-28-5-7-29(8-6-28)11-12-31/h3-4,13-16,31-33H,5-12H2,1-2H3/b25-16-. The van der Waals surface area contributed by atoms with Crippen LogP contribution >= 0.6 is 0 Å². The third kappa shape index (κ3) is 4.41. The maximum Gasteiger partial charge on any atom is 0.235 e. The summed E-state index contributed by atoms with van der Waals surface area (Å²) in [4.78, 5) is 17.7. The second kappa shape index (κ2) is 9.85. The maximum atomic E-state index is 13.0. The van der Waals surface area contributed by atoms with Gasteiger partial charge in [0.15, 0.2) is 5.76 Å². The fraction of sp³-hybridized carbons (Fsp3) is 0.370. The van der Waals surface area contributed by atoms with Gasteiger partial charge in [-0.2, -0.15) is 0 Å². The summed E-state index contributed by atoms with van der Waals surface area (Å²) in [5.41, 5.74) is 2.92. The number of carbonyl (C=O) groups excluding carboxylic acids is 1. The second-order valence-electron chi connectivity index (χ2n) is 9.22. The summed E-state index contributed by atoms with van der Waals surface area (Å²) < 4.78 is 13.5. The van der Waals surface area contributed by atoms with E-state index in [1.54, 1.807) is 13.2 Å². The second-order valence-corrected chi connectivity index (χ2v) is 9.22. The van der Waals surface area contributed by atoms with Crippen molar-refractivity contribution in [3.8, 4) is 23.0 Å². The Hall–Kier alpha value is -3.53. The number of phenolic OH excluding ortho intramolecular Hbond substituents is 2. The molecule has 2 aromatic carbocycles. The van der Waals surface area contributed by atoms with Gasteiger partial charge in [0, 0.05) is 80.1 Å². The number of phenols is 2. The van der Waals surface area contributed by atoms with Crippen molar-refractivity contribution in [3.05, 3.63) is 52.9 Å². The van der Waals surface area contributed by atoms with Crippen molar-refractivity contribution >= 4 is 22.8 Å². The molecule has 3 aromatic rings. The van der Waals surface area contributed by atoms with E-state index in [9.17, 15) is 20.1 Å². The summed E-state index contributed by atoms with van der Waals surface area (Å²) in [5.74, 6) is 0.0440. The summed E-state index contributed by atoms with van der Waals surface area (Å²) in [7, 11) is 1.62. The van der Waals surface area contributed by atoms with Crippen LogP contribution in [-0.4, -0.2) is 88.5 Å². The molecule has 0 radical (unpaired) electrons. The van der Waals surface area contributed by atoms with Gasteiger partial charge in [0.2, 0.25) is 5.78 Å². The molecular weight excluding hydrogens is 462 g/mol. The van der Waals surface area contributed by atoms with E-state index in [1.807, 2.05) is 25.1 Å². The molecule has 3 heterocycles. The van der Waals surface area contributed by atoms with Gasteiger partial charge >= 0.3 is 0 Å². The van der Waals surface area contributed by atoms with Gasteiger partial charge in [-0.15, -0.1) is 0 Å². The largest absolute Gasteiger partial charge is 0.508 e. The number of nitrogens with zero attached hydrogens (tertiary/aromatic N) is 3. The number of aromatic hydroxyl groups is 2. The Morgan fingerprint density at radius 3 is 2.44 bits per heavy atom. The van der Waals surface area contributed by atoms with E-state index >= 15 is 0 Å². The summed E-state index contributed by atoms with van der Waals surface area (Å²) in [6.07, 6.45) is 1.71. The Morgan fingerprint density at radius 1 is 1.03 bits per heavy atom. The highest BCUT2D eigenvalue weighted by atomic mass is 16.5. The van der Waals surface area contributed by atoms with Crippen LogP contribution in [0.3, 0.4) is 0 Å². The quantitative estimate of drug-likeness (QED) is 0.431. The van der Waals surface area contributed by atoms with Gasteiger partial charge < -0.3 is 29.4 Å². The average Bonchev–Trinajstić information content (AvgIpc) is 3.31. The first-order valence-corrected chi connectivity index (χ1v) is 12.1. The molecule has 0 unspecified atom stereocenters. The molecular formula is C27H31N3O6. The van der Waals surface area contributed by atoms with E-state index in [4.69, 9.17) is 9.47 Å². The summed E-state index contributed by atoms with van der Waals surface area (Å²) in [5, 5.41) is 30.1. The molecule has 1 aromatic heterocycles. The summed E-state index contributed by atoms with van der Waals surface area (Å²) in [6, 6.07) is 8.37. The number of aliphatic hydroxyl groups excluding tert-OH is 1. The van der Waals surface area contributed by atoms with Gasteiger partial charge in [-0.1, -0.05) is 0 Å². The number of hydrogen-bond donors (Lipinski definition) is 3. The molecule has 0 saturated carbocycles. The first-order chi connectivity index (χ1) is 17.4. The van der Waals surface area contributed by atoms with E-state index in [-0.39, 0.29) is 35.2 Å². The molecule has 2 aliphatic rings. The van der Waals surface area contributed by atoms with Crippen molar-refractivity contribution in [2.24, 2.45) is 0 Å². The van der Waals surface area contributed by atoms with Crippen LogP contribution in [0, 0.1) is 6.92 Å². The molecule has 0 atom stereocenters. The Kier molecular flexibility index (Phi) is 6.61. The fourth-order valence-electron chi connectivity index (χ4n) is 5.11. The van der Waals surface area contributed by atoms with Crippen LogP contribution in [-0.2, 0) is 6.54 Å². The van der Waals surface area contributed by atoms with Gasteiger partial charge in [0.1, 0.15) is 28.6 Å². The van der Waals surface area contributed by atoms with Crippen LogP contribution in [0.1, 0.15) is 21.6 Å². The number of Topliss-reactive ketones (excluding diaryl/α,β-unsaturated/α-hetero) is 1. The zero-order valence-electron chi connectivity index (χ0n) is 20.5. The minimum absolute atomic E-state index is 0.0540. The molecule has 9 heteroatoms. The van der Waals surface area contributed by atoms with Crippen LogP contribution in [0.2, 0.25) is 0 Å². The SMILES string of the molecule is COc1ccc2c(c1)c(/C=C1\Oc3cc(O)cc(O)c3C1=O)c(C)n2CCN1CCN(CCO)CC1. The van der Waals surface area contributed by atoms with Crippen molar-refractivity contribution < 1.29 is 29.6 Å². The lowest BCUT2D eigenvalue weighted by Gasteiger charge is -2.34. The third-order valence-electron chi connectivity index (χ3n) is 7.11. The van der Waals surface area contributed by atoms with Crippen LogP contribution in [0.25, 0.3) is 17.0 Å². The molecule has 0 bridgehead atoms. The Labute approximate surface area is 209 Å². The third-order valence-corrected chi connectivity index (χ3v) is 7.11. The Morgan fingerprint density at radius 2 is 1.75 bits per heavy atom. The monoisotopic (exact) mass is 493 g/mol. The molecule has 9 nitrogen and oxygen atoms in total. The fourth-order valence-corrected chi connectivity index (χ4v) is 5.11. The van der Waals surface area contributed by atoms with Crippen molar-refractivity contribution in [3.63, 3.8) is 0 Å². The number of aromatic nitrogens is 1. The number of carbonyl (C=O) groups is 1. The highest BCUT2D eigenvalue weighted by molar-refractivity contribution is 6.17. The first-order valence-electron chi connectivity index (χ1n) is 12.1. The highest BCUT2D eigenvalue weighted by Gasteiger charge is 2.32. The van der Waals surface area contributed by atoms with Crippen LogP contribution in [0.15, 0.2) is 36.1 Å². The topological polar surface area (TPSA) is 108 Å². The summed E-state index contributed by atoms with van der Waals surface area (Å²) in [6.45, 7) is 8.40. The molecule has 2 aliphatic heterocycles. The van der Waals surface area contributed by atoms with E-state index < -0.39 is 5.78 Å². The van der Waals surface area contributed by atoms with Crippen LogP contribution < -0.4 is 9.47 Å². The molecule has 0 aliphatic carbocycles. The predicted molar refractivity (Wildman–Crippen MR) is 136 cm³/mol. The lowest BCUT2D eigenvalue weighted by Crippen LogP contribution is -2.47. The maximum absolute atomic E-state index is 13.0. The lowest BCUT2D eigenvalue weighted by molar-refractivity contribution is 0.101. The minimum atomic E-state index is -0.425. The minimum Gasteiger partial charge on any atom is -0.508 e. The number of hydrogen-bond acceptors (Lipinski definition) is 8. The van der Waals surface area contributed by atoms with Gasteiger partial charge in [0.05, 0.1) is 13.7 Å². The number of piperazine rings is 1. The number of ketones is 1. The molecule has 0 amide bonds. The number of benzene rings is 2. The number of methoxy groups -OCH3 is 1. The number of β-amino-alcohol motifs (C(OH)–C–C–N with tert-alkyl or cyclic N) is 1. The number of fused-ring (bicyclic) bond motifs is 2. The van der Waals surface area contributed by atoms with Crippen molar-refractivity contribution in [1.29, 1.82) is 0 Å². The van der Waals surface area contributed by atoms with E-state index in [0.29, 0.717) is 5.75 Å². The Balaban J connectivity index is 1.46. The van der Waals surface area contributed by atoms with Crippen LogP contribution in [0.5, 0.6) is 23.0 Å². The molecule has 3 N–H and O–H groups in total. The van der Waals surface area contributed by atoms with E-state index in [0.717, 1.165) is 74.0 Å².